The highest BCUT2D eigenvalue weighted by Crippen LogP contribution is 2.13. The van der Waals surface area contributed by atoms with E-state index in [4.69, 9.17) is 5.11 Å². The van der Waals surface area contributed by atoms with Crippen molar-refractivity contribution in [2.45, 2.75) is 13.8 Å². The fourth-order valence-electron chi connectivity index (χ4n) is 1.67. The molecule has 1 rings (SSSR count). The van der Waals surface area contributed by atoms with E-state index in [1.807, 2.05) is 26.0 Å². The van der Waals surface area contributed by atoms with Crippen molar-refractivity contribution < 1.29 is 14.7 Å². The fraction of sp³-hybridized carbons (Fsp3) is 0.286. The van der Waals surface area contributed by atoms with Gasteiger partial charge in [0.15, 0.2) is 0 Å². The summed E-state index contributed by atoms with van der Waals surface area (Å²) >= 11 is 0. The molecule has 0 aromatic heterocycles. The second-order valence-corrected chi connectivity index (χ2v) is 4.19. The van der Waals surface area contributed by atoms with E-state index in [-0.39, 0.29) is 19.0 Å². The van der Waals surface area contributed by atoms with Crippen LogP contribution in [0.4, 0.5) is 0 Å². The Labute approximate surface area is 107 Å². The molecule has 0 aliphatic carbocycles. The maximum absolute atomic E-state index is 12.3. The Morgan fingerprint density at radius 2 is 2.06 bits per heavy atom. The summed E-state index contributed by atoms with van der Waals surface area (Å²) in [4.78, 5) is 24.3. The van der Waals surface area contributed by atoms with Gasteiger partial charge in [-0.1, -0.05) is 23.8 Å². The molecule has 0 aliphatic rings. The number of carboxylic acid groups (broad SMARTS) is 1. The number of amides is 1. The Morgan fingerprint density at radius 3 is 2.61 bits per heavy atom. The minimum Gasteiger partial charge on any atom is -0.480 e. The van der Waals surface area contributed by atoms with Crippen LogP contribution in [0.15, 0.2) is 30.9 Å². The van der Waals surface area contributed by atoms with Crippen LogP contribution in [-0.2, 0) is 4.79 Å². The van der Waals surface area contributed by atoms with Gasteiger partial charge in [0.25, 0.3) is 5.91 Å². The summed E-state index contributed by atoms with van der Waals surface area (Å²) < 4.78 is 0. The van der Waals surface area contributed by atoms with E-state index < -0.39 is 5.97 Å². The first-order valence-corrected chi connectivity index (χ1v) is 5.65. The van der Waals surface area contributed by atoms with E-state index >= 15 is 0 Å². The van der Waals surface area contributed by atoms with Crippen LogP contribution >= 0.6 is 0 Å². The van der Waals surface area contributed by atoms with Crippen LogP contribution in [0.5, 0.6) is 0 Å². The molecule has 0 bridgehead atoms. The number of carbonyl (C=O) groups is 2. The van der Waals surface area contributed by atoms with Gasteiger partial charge in [0.1, 0.15) is 6.54 Å². The van der Waals surface area contributed by atoms with Crippen LogP contribution in [0.25, 0.3) is 0 Å². The minimum absolute atomic E-state index is 0.221. The zero-order chi connectivity index (χ0) is 13.7. The molecule has 4 nitrogen and oxygen atoms in total. The van der Waals surface area contributed by atoms with E-state index in [1.54, 1.807) is 6.07 Å². The van der Waals surface area contributed by atoms with Gasteiger partial charge in [-0.3, -0.25) is 9.59 Å². The normalized spacial score (nSPS) is 9.89. The van der Waals surface area contributed by atoms with Crippen LogP contribution < -0.4 is 0 Å². The lowest BCUT2D eigenvalue weighted by molar-refractivity contribution is -0.137. The average molecular weight is 247 g/mol. The highest BCUT2D eigenvalue weighted by atomic mass is 16.4. The van der Waals surface area contributed by atoms with Crippen LogP contribution in [0, 0.1) is 13.8 Å². The molecule has 1 aromatic carbocycles. The number of rotatable bonds is 5. The maximum atomic E-state index is 12.3. The Balaban J connectivity index is 3.04. The molecule has 0 atom stereocenters. The molecule has 0 saturated carbocycles. The van der Waals surface area contributed by atoms with Crippen LogP contribution in [-0.4, -0.2) is 35.0 Å². The summed E-state index contributed by atoms with van der Waals surface area (Å²) in [6.07, 6.45) is 1.52. The standard InChI is InChI=1S/C14H17NO3/c1-4-7-15(9-13(16)17)14(18)12-8-10(2)5-6-11(12)3/h4-6,8H,1,7,9H2,2-3H3,(H,16,17). The predicted octanol–water partition coefficient (Wildman–Crippen LogP) is 2.02. The molecule has 4 heteroatoms. The third kappa shape index (κ3) is 3.45. The number of aryl methyl sites for hydroxylation is 2. The van der Waals surface area contributed by atoms with E-state index in [2.05, 4.69) is 6.58 Å². The summed E-state index contributed by atoms with van der Waals surface area (Å²) in [6, 6.07) is 5.55. The van der Waals surface area contributed by atoms with Gasteiger partial charge < -0.3 is 10.0 Å². The summed E-state index contributed by atoms with van der Waals surface area (Å²) in [7, 11) is 0. The fourth-order valence-corrected chi connectivity index (χ4v) is 1.67. The van der Waals surface area contributed by atoms with Gasteiger partial charge in [-0.15, -0.1) is 6.58 Å². The van der Waals surface area contributed by atoms with E-state index in [0.29, 0.717) is 5.56 Å². The van der Waals surface area contributed by atoms with Crippen molar-refractivity contribution in [3.8, 4) is 0 Å². The third-order valence-electron chi connectivity index (χ3n) is 2.59. The molecule has 0 saturated heterocycles. The van der Waals surface area contributed by atoms with Crippen molar-refractivity contribution in [3.63, 3.8) is 0 Å². The largest absolute Gasteiger partial charge is 0.480 e. The van der Waals surface area contributed by atoms with Crippen LogP contribution in [0.3, 0.4) is 0 Å². The van der Waals surface area contributed by atoms with Gasteiger partial charge in [0.05, 0.1) is 0 Å². The summed E-state index contributed by atoms with van der Waals surface area (Å²) in [5, 5.41) is 8.80. The molecule has 0 spiro atoms. The molecule has 1 N–H and O–H groups in total. The first-order chi connectivity index (χ1) is 8.45. The number of benzene rings is 1. The van der Waals surface area contributed by atoms with Crippen molar-refractivity contribution in [2.75, 3.05) is 13.1 Å². The monoisotopic (exact) mass is 247 g/mol. The van der Waals surface area contributed by atoms with Crippen LogP contribution in [0.1, 0.15) is 21.5 Å². The number of carboxylic acids is 1. The third-order valence-corrected chi connectivity index (χ3v) is 2.59. The van der Waals surface area contributed by atoms with E-state index in [1.165, 1.54) is 11.0 Å². The number of aliphatic carboxylic acids is 1. The summed E-state index contributed by atoms with van der Waals surface area (Å²) in [5.74, 6) is -1.31. The quantitative estimate of drug-likeness (QED) is 0.810. The number of hydrogen-bond acceptors (Lipinski definition) is 2. The Bertz CT molecular complexity index is 480. The molecule has 0 fully saturated rings. The van der Waals surface area contributed by atoms with Gasteiger partial charge in [-0.05, 0) is 25.5 Å². The maximum Gasteiger partial charge on any atom is 0.323 e. The molecule has 0 heterocycles. The Kier molecular flexibility index (Phi) is 4.66. The molecule has 1 aromatic rings. The number of nitrogens with zero attached hydrogens (tertiary/aromatic N) is 1. The van der Waals surface area contributed by atoms with Crippen molar-refractivity contribution in [3.05, 3.63) is 47.5 Å². The topological polar surface area (TPSA) is 57.6 Å². The number of carbonyl (C=O) groups excluding carboxylic acids is 1. The van der Waals surface area contributed by atoms with Crippen molar-refractivity contribution in [1.82, 2.24) is 4.90 Å². The van der Waals surface area contributed by atoms with Gasteiger partial charge in [0, 0.05) is 12.1 Å². The highest BCUT2D eigenvalue weighted by molar-refractivity contribution is 5.97. The van der Waals surface area contributed by atoms with Crippen LogP contribution in [0.2, 0.25) is 0 Å². The van der Waals surface area contributed by atoms with Crippen molar-refractivity contribution in [1.29, 1.82) is 0 Å². The highest BCUT2D eigenvalue weighted by Gasteiger charge is 2.18. The summed E-state index contributed by atoms with van der Waals surface area (Å²) in [6.45, 7) is 7.16. The SMILES string of the molecule is C=CCN(CC(=O)O)C(=O)c1cc(C)ccc1C. The second-order valence-electron chi connectivity index (χ2n) is 4.19. The lowest BCUT2D eigenvalue weighted by Crippen LogP contribution is -2.36. The van der Waals surface area contributed by atoms with E-state index in [0.717, 1.165) is 11.1 Å². The number of hydrogen-bond donors (Lipinski definition) is 1. The second kappa shape index (κ2) is 6.00. The smallest absolute Gasteiger partial charge is 0.323 e. The van der Waals surface area contributed by atoms with Gasteiger partial charge in [-0.2, -0.15) is 0 Å². The molecule has 18 heavy (non-hydrogen) atoms. The first-order valence-electron chi connectivity index (χ1n) is 5.65. The zero-order valence-corrected chi connectivity index (χ0v) is 10.6. The molecule has 96 valence electrons. The van der Waals surface area contributed by atoms with Gasteiger partial charge in [0.2, 0.25) is 0 Å². The molecular weight excluding hydrogens is 230 g/mol. The first kappa shape index (κ1) is 14.0. The zero-order valence-electron chi connectivity index (χ0n) is 10.6. The Morgan fingerprint density at radius 1 is 1.39 bits per heavy atom. The average Bonchev–Trinajstić information content (AvgIpc) is 2.30. The molecule has 0 radical (unpaired) electrons. The molecular formula is C14H17NO3. The lowest BCUT2D eigenvalue weighted by atomic mass is 10.0. The lowest BCUT2D eigenvalue weighted by Gasteiger charge is -2.20. The van der Waals surface area contributed by atoms with E-state index in [9.17, 15) is 9.59 Å². The van der Waals surface area contributed by atoms with Gasteiger partial charge in [-0.25, -0.2) is 0 Å². The van der Waals surface area contributed by atoms with Crippen molar-refractivity contribution >= 4 is 11.9 Å². The molecule has 1 amide bonds. The summed E-state index contributed by atoms with van der Waals surface area (Å²) in [5.41, 5.74) is 2.35. The van der Waals surface area contributed by atoms with Crippen molar-refractivity contribution in [2.24, 2.45) is 0 Å². The molecule has 0 aliphatic heterocycles. The van der Waals surface area contributed by atoms with Gasteiger partial charge >= 0.3 is 5.97 Å². The minimum atomic E-state index is -1.03. The Hall–Kier alpha value is -2.10. The predicted molar refractivity (Wildman–Crippen MR) is 69.7 cm³/mol. The molecule has 0 unspecified atom stereocenters.